The lowest BCUT2D eigenvalue weighted by Gasteiger charge is -2.04. The third-order valence-corrected chi connectivity index (χ3v) is 2.64. The Morgan fingerprint density at radius 2 is 2.31 bits per heavy atom. The highest BCUT2D eigenvalue weighted by Gasteiger charge is 2.06. The van der Waals surface area contributed by atoms with Crippen molar-refractivity contribution in [2.45, 2.75) is 26.8 Å². The minimum absolute atomic E-state index is 0.779. The lowest BCUT2D eigenvalue weighted by molar-refractivity contribution is 0.746. The van der Waals surface area contributed by atoms with Gasteiger partial charge in [0.05, 0.1) is 17.6 Å². The molecule has 2 N–H and O–H groups in total. The number of nitrogens with zero attached hydrogens (tertiary/aromatic N) is 3. The molecule has 0 bridgehead atoms. The Balaban J connectivity index is 2.07. The third-order valence-electron chi connectivity index (χ3n) is 2.64. The molecular formula is C11H17N5. The first kappa shape index (κ1) is 10.7. The van der Waals surface area contributed by atoms with Crippen molar-refractivity contribution in [1.82, 2.24) is 20.0 Å². The van der Waals surface area contributed by atoms with E-state index in [9.17, 15) is 0 Å². The zero-order valence-electron chi connectivity index (χ0n) is 9.91. The molecule has 2 rings (SSSR count). The fraction of sp³-hybridized carbons (Fsp3) is 0.455. The van der Waals surface area contributed by atoms with Crippen LogP contribution in [0.25, 0.3) is 0 Å². The highest BCUT2D eigenvalue weighted by molar-refractivity contribution is 5.46. The van der Waals surface area contributed by atoms with Gasteiger partial charge in [-0.15, -0.1) is 0 Å². The van der Waals surface area contributed by atoms with Crippen LogP contribution in [0.2, 0.25) is 0 Å². The SMILES string of the molecule is CCc1nn(C)cc1NCc1cn[nH]c1C. The summed E-state index contributed by atoms with van der Waals surface area (Å²) in [6.07, 6.45) is 4.80. The molecule has 5 nitrogen and oxygen atoms in total. The van der Waals surface area contributed by atoms with Crippen LogP contribution in [-0.4, -0.2) is 20.0 Å². The molecule has 0 aromatic carbocycles. The first-order valence-corrected chi connectivity index (χ1v) is 5.46. The monoisotopic (exact) mass is 219 g/mol. The van der Waals surface area contributed by atoms with Gasteiger partial charge in [-0.25, -0.2) is 0 Å². The Labute approximate surface area is 94.9 Å². The number of H-pyrrole nitrogens is 1. The van der Waals surface area contributed by atoms with Crippen LogP contribution in [0.3, 0.4) is 0 Å². The van der Waals surface area contributed by atoms with Crippen molar-refractivity contribution < 1.29 is 0 Å². The van der Waals surface area contributed by atoms with E-state index in [2.05, 4.69) is 27.5 Å². The average molecular weight is 219 g/mol. The van der Waals surface area contributed by atoms with E-state index in [0.717, 1.165) is 30.0 Å². The van der Waals surface area contributed by atoms with Crippen LogP contribution in [0.15, 0.2) is 12.4 Å². The van der Waals surface area contributed by atoms with E-state index in [4.69, 9.17) is 0 Å². The van der Waals surface area contributed by atoms with Gasteiger partial charge < -0.3 is 5.32 Å². The number of rotatable bonds is 4. The Morgan fingerprint density at radius 1 is 1.50 bits per heavy atom. The molecule has 0 fully saturated rings. The molecule has 0 aliphatic rings. The zero-order valence-corrected chi connectivity index (χ0v) is 9.91. The van der Waals surface area contributed by atoms with Crippen LogP contribution in [0.4, 0.5) is 5.69 Å². The standard InChI is InChI=1S/C11H17N5/c1-4-10-11(7-16(3)15-10)12-5-9-6-13-14-8(9)2/h6-7,12H,4-5H2,1-3H3,(H,13,14). The number of hydrogen-bond donors (Lipinski definition) is 2. The van der Waals surface area contributed by atoms with E-state index in [0.29, 0.717) is 0 Å². The normalized spacial score (nSPS) is 10.7. The fourth-order valence-corrected chi connectivity index (χ4v) is 1.69. The van der Waals surface area contributed by atoms with Gasteiger partial charge in [-0.2, -0.15) is 10.2 Å². The van der Waals surface area contributed by atoms with Crippen molar-refractivity contribution in [3.63, 3.8) is 0 Å². The highest BCUT2D eigenvalue weighted by Crippen LogP contribution is 2.15. The van der Waals surface area contributed by atoms with Gasteiger partial charge in [0.2, 0.25) is 0 Å². The number of anilines is 1. The number of hydrogen-bond acceptors (Lipinski definition) is 3. The van der Waals surface area contributed by atoms with Gasteiger partial charge in [0.25, 0.3) is 0 Å². The summed E-state index contributed by atoms with van der Waals surface area (Å²) in [4.78, 5) is 0. The molecule has 0 spiro atoms. The Hall–Kier alpha value is -1.78. The summed E-state index contributed by atoms with van der Waals surface area (Å²) in [5.41, 5.74) is 4.49. The fourth-order valence-electron chi connectivity index (χ4n) is 1.69. The van der Waals surface area contributed by atoms with Crippen LogP contribution < -0.4 is 5.32 Å². The van der Waals surface area contributed by atoms with Gasteiger partial charge in [0.1, 0.15) is 0 Å². The zero-order chi connectivity index (χ0) is 11.5. The molecule has 2 heterocycles. The van der Waals surface area contributed by atoms with Crippen molar-refractivity contribution in [3.8, 4) is 0 Å². The smallest absolute Gasteiger partial charge is 0.0853 e. The molecule has 2 aromatic rings. The largest absolute Gasteiger partial charge is 0.378 e. The Kier molecular flexibility index (Phi) is 2.94. The van der Waals surface area contributed by atoms with Crippen LogP contribution in [0.5, 0.6) is 0 Å². The Bertz CT molecular complexity index is 468. The maximum absolute atomic E-state index is 4.38. The van der Waals surface area contributed by atoms with Crippen molar-refractivity contribution in [2.24, 2.45) is 7.05 Å². The summed E-state index contributed by atoms with van der Waals surface area (Å²) < 4.78 is 1.84. The summed E-state index contributed by atoms with van der Waals surface area (Å²) in [5.74, 6) is 0. The summed E-state index contributed by atoms with van der Waals surface area (Å²) in [7, 11) is 1.94. The van der Waals surface area contributed by atoms with Crippen molar-refractivity contribution in [2.75, 3.05) is 5.32 Å². The summed E-state index contributed by atoms with van der Waals surface area (Å²) in [6.45, 7) is 4.91. The van der Waals surface area contributed by atoms with E-state index in [1.807, 2.05) is 31.0 Å². The van der Waals surface area contributed by atoms with Gasteiger partial charge in [0.15, 0.2) is 0 Å². The molecule has 0 saturated heterocycles. The molecule has 0 aliphatic carbocycles. The molecule has 0 radical (unpaired) electrons. The van der Waals surface area contributed by atoms with Crippen LogP contribution in [0.1, 0.15) is 23.9 Å². The van der Waals surface area contributed by atoms with Crippen molar-refractivity contribution in [3.05, 3.63) is 29.3 Å². The predicted molar refractivity (Wildman–Crippen MR) is 63.2 cm³/mol. The van der Waals surface area contributed by atoms with Crippen LogP contribution in [0, 0.1) is 6.92 Å². The molecule has 5 heteroatoms. The topological polar surface area (TPSA) is 58.5 Å². The maximum Gasteiger partial charge on any atom is 0.0853 e. The lowest BCUT2D eigenvalue weighted by Crippen LogP contribution is -2.01. The summed E-state index contributed by atoms with van der Waals surface area (Å²) >= 11 is 0. The van der Waals surface area contributed by atoms with E-state index in [1.165, 1.54) is 5.56 Å². The minimum atomic E-state index is 0.779. The van der Waals surface area contributed by atoms with Gasteiger partial charge in [-0.1, -0.05) is 6.92 Å². The number of aryl methyl sites for hydroxylation is 3. The van der Waals surface area contributed by atoms with E-state index < -0.39 is 0 Å². The Morgan fingerprint density at radius 3 is 2.94 bits per heavy atom. The predicted octanol–water partition coefficient (Wildman–Crippen LogP) is 1.63. The molecule has 0 aliphatic heterocycles. The van der Waals surface area contributed by atoms with E-state index in [-0.39, 0.29) is 0 Å². The second kappa shape index (κ2) is 4.38. The van der Waals surface area contributed by atoms with Gasteiger partial charge >= 0.3 is 0 Å². The second-order valence-corrected chi connectivity index (χ2v) is 3.89. The molecule has 0 atom stereocenters. The van der Waals surface area contributed by atoms with E-state index >= 15 is 0 Å². The molecule has 0 unspecified atom stereocenters. The van der Waals surface area contributed by atoms with Crippen LogP contribution >= 0.6 is 0 Å². The van der Waals surface area contributed by atoms with Gasteiger partial charge in [-0.3, -0.25) is 9.78 Å². The van der Waals surface area contributed by atoms with Crippen molar-refractivity contribution >= 4 is 5.69 Å². The molecule has 2 aromatic heterocycles. The molecule has 16 heavy (non-hydrogen) atoms. The lowest BCUT2D eigenvalue weighted by atomic mass is 10.2. The molecular weight excluding hydrogens is 202 g/mol. The van der Waals surface area contributed by atoms with Crippen LogP contribution in [-0.2, 0) is 20.0 Å². The highest BCUT2D eigenvalue weighted by atomic mass is 15.3. The average Bonchev–Trinajstić information content (AvgIpc) is 2.81. The number of aromatic amines is 1. The van der Waals surface area contributed by atoms with Gasteiger partial charge in [0, 0.05) is 31.0 Å². The van der Waals surface area contributed by atoms with Crippen molar-refractivity contribution in [1.29, 1.82) is 0 Å². The summed E-state index contributed by atoms with van der Waals surface area (Å²) in [5, 5.41) is 14.7. The first-order chi connectivity index (χ1) is 7.70. The quantitative estimate of drug-likeness (QED) is 0.821. The minimum Gasteiger partial charge on any atom is -0.378 e. The summed E-state index contributed by atoms with van der Waals surface area (Å²) in [6, 6.07) is 0. The molecule has 0 saturated carbocycles. The molecule has 86 valence electrons. The third kappa shape index (κ3) is 2.08. The maximum atomic E-state index is 4.38. The van der Waals surface area contributed by atoms with E-state index in [1.54, 1.807) is 0 Å². The number of aromatic nitrogens is 4. The first-order valence-electron chi connectivity index (χ1n) is 5.46. The molecule has 0 amide bonds. The number of nitrogens with one attached hydrogen (secondary N) is 2. The van der Waals surface area contributed by atoms with Gasteiger partial charge in [-0.05, 0) is 13.3 Å². The second-order valence-electron chi connectivity index (χ2n) is 3.89.